The number of carbonyl (C=O) groups is 1. The second-order valence-electron chi connectivity index (χ2n) is 8.80. The zero-order valence-corrected chi connectivity index (χ0v) is 17.6. The summed E-state index contributed by atoms with van der Waals surface area (Å²) in [5.41, 5.74) is 4.12. The summed E-state index contributed by atoms with van der Waals surface area (Å²) in [5, 5.41) is 6.25. The number of H-pyrrole nitrogens is 1. The van der Waals surface area contributed by atoms with Crippen molar-refractivity contribution in [1.82, 2.24) is 4.98 Å². The van der Waals surface area contributed by atoms with Crippen LogP contribution in [0, 0.1) is 5.92 Å². The number of nitrogens with one attached hydrogen (secondary N) is 1. The average molecular weight is 429 g/mol. The van der Waals surface area contributed by atoms with Gasteiger partial charge in [0.05, 0.1) is 17.1 Å². The van der Waals surface area contributed by atoms with Gasteiger partial charge in [-0.15, -0.1) is 0 Å². The molecule has 1 aliphatic heterocycles. The highest BCUT2D eigenvalue weighted by Gasteiger charge is 2.39. The first-order valence-corrected chi connectivity index (χ1v) is 11.0. The lowest BCUT2D eigenvalue weighted by Gasteiger charge is -2.37. The maximum atomic E-state index is 13.6. The van der Waals surface area contributed by atoms with Crippen LogP contribution in [0.2, 0.25) is 0 Å². The number of hydrogen-bond acceptors (Lipinski definition) is 4. The highest BCUT2D eigenvalue weighted by molar-refractivity contribution is 6.15. The number of Topliss-reactive ketones (excluding diaryl/α,β-unsaturated/α-hetero) is 1. The second kappa shape index (κ2) is 6.40. The Hall–Kier alpha value is -4.22. The van der Waals surface area contributed by atoms with E-state index in [1.165, 1.54) is 0 Å². The molecule has 0 amide bonds. The first kappa shape index (κ1) is 18.4. The highest BCUT2D eigenvalue weighted by atomic mass is 16.1. The monoisotopic (exact) mass is 429 g/mol. The summed E-state index contributed by atoms with van der Waals surface area (Å²) >= 11 is 0. The van der Waals surface area contributed by atoms with E-state index in [2.05, 4.69) is 4.98 Å². The Bertz CT molecular complexity index is 1760. The number of allylic oxidation sites excluding steroid dienone is 1. The van der Waals surface area contributed by atoms with Crippen LogP contribution in [0.3, 0.4) is 0 Å². The molecule has 5 heteroatoms. The number of aromatic nitrogens is 1. The van der Waals surface area contributed by atoms with Crippen molar-refractivity contribution in [3.63, 3.8) is 0 Å². The van der Waals surface area contributed by atoms with Crippen LogP contribution in [0.5, 0.6) is 0 Å². The number of nitrogens with two attached hydrogens (primary N) is 1. The number of ketones is 1. The average Bonchev–Trinajstić information content (AvgIpc) is 2.86. The van der Waals surface area contributed by atoms with Crippen molar-refractivity contribution in [2.24, 2.45) is 11.8 Å². The molecule has 158 valence electrons. The van der Waals surface area contributed by atoms with E-state index in [0.717, 1.165) is 32.8 Å². The topological polar surface area (TPSA) is 79.2 Å². The minimum atomic E-state index is -0.431. The molecule has 2 aliphatic rings. The van der Waals surface area contributed by atoms with Crippen LogP contribution in [-0.4, -0.2) is 10.8 Å². The van der Waals surface area contributed by atoms with Gasteiger partial charge in [-0.1, -0.05) is 60.7 Å². The minimum Gasteiger partial charge on any atom is -0.357 e. The molecule has 0 fully saturated rings. The van der Waals surface area contributed by atoms with Gasteiger partial charge in [0.1, 0.15) is 0 Å². The first-order chi connectivity index (χ1) is 16.1. The third-order valence-electron chi connectivity index (χ3n) is 7.08. The summed E-state index contributed by atoms with van der Waals surface area (Å²) in [6.07, 6.45) is 2.22. The van der Waals surface area contributed by atoms with Crippen molar-refractivity contribution >= 4 is 50.0 Å². The normalized spacial score (nSPS) is 17.1. The molecule has 1 aliphatic carbocycles. The molecule has 3 N–H and O–H groups in total. The molecule has 1 atom stereocenters. The summed E-state index contributed by atoms with van der Waals surface area (Å²) in [6.45, 7) is 0. The molecule has 33 heavy (non-hydrogen) atoms. The molecule has 4 aromatic carbocycles. The predicted molar refractivity (Wildman–Crippen MR) is 132 cm³/mol. The van der Waals surface area contributed by atoms with Crippen molar-refractivity contribution in [1.29, 1.82) is 0 Å². The van der Waals surface area contributed by atoms with Crippen LogP contribution in [-0.2, 0) is 6.42 Å². The number of rotatable bonds is 0. The molecule has 1 aromatic heterocycles. The zero-order valence-electron chi connectivity index (χ0n) is 17.6. The van der Waals surface area contributed by atoms with Gasteiger partial charge in [-0.3, -0.25) is 14.6 Å². The van der Waals surface area contributed by atoms with E-state index in [1.54, 1.807) is 11.1 Å². The lowest BCUT2D eigenvalue weighted by molar-refractivity contribution is 0.0931. The maximum absolute atomic E-state index is 13.6. The van der Waals surface area contributed by atoms with E-state index in [1.807, 2.05) is 72.8 Å². The quantitative estimate of drug-likeness (QED) is 0.270. The van der Waals surface area contributed by atoms with E-state index >= 15 is 0 Å². The fraction of sp³-hybridized carbons (Fsp3) is 0.0714. The number of benzene rings is 4. The van der Waals surface area contributed by atoms with Crippen LogP contribution in [0.25, 0.3) is 38.5 Å². The SMILES string of the molecule is NN1C2=Cc3c([nH]c4c(ccc5ccccc54)c3=O)CC2C(=O)c2ccc3ccccc3c21. The van der Waals surface area contributed by atoms with E-state index in [9.17, 15) is 9.59 Å². The summed E-state index contributed by atoms with van der Waals surface area (Å²) < 4.78 is 0. The minimum absolute atomic E-state index is 0.0354. The molecule has 1 unspecified atom stereocenters. The van der Waals surface area contributed by atoms with Gasteiger partial charge in [-0.2, -0.15) is 0 Å². The van der Waals surface area contributed by atoms with Gasteiger partial charge in [-0.05, 0) is 29.0 Å². The lowest BCUT2D eigenvalue weighted by Crippen LogP contribution is -2.44. The summed E-state index contributed by atoms with van der Waals surface area (Å²) in [6, 6.07) is 23.6. The predicted octanol–water partition coefficient (Wildman–Crippen LogP) is 4.92. The molecule has 2 heterocycles. The van der Waals surface area contributed by atoms with E-state index in [0.29, 0.717) is 34.3 Å². The first-order valence-electron chi connectivity index (χ1n) is 11.0. The maximum Gasteiger partial charge on any atom is 0.196 e. The number of fused-ring (bicyclic) bond motifs is 8. The third-order valence-corrected chi connectivity index (χ3v) is 7.08. The standard InChI is InChI=1S/C28H19N3O2/c29-31-24-14-21-23(30-25-17-7-3-1-5-15(17)9-11-19(25)27(21)32)13-22(24)28(33)20-12-10-16-6-2-4-8-18(16)26(20)31/h1-12,14,22H,13,29H2,(H,30,32). The molecule has 0 saturated carbocycles. The molecule has 5 nitrogen and oxygen atoms in total. The Kier molecular flexibility index (Phi) is 3.56. The van der Waals surface area contributed by atoms with Crippen LogP contribution in [0.15, 0.2) is 83.3 Å². The molecule has 0 spiro atoms. The number of anilines is 1. The molecular formula is C28H19N3O2. The molecule has 0 bridgehead atoms. The van der Waals surface area contributed by atoms with Gasteiger partial charge in [0.25, 0.3) is 0 Å². The summed E-state index contributed by atoms with van der Waals surface area (Å²) in [4.78, 5) is 30.6. The van der Waals surface area contributed by atoms with Crippen molar-refractivity contribution in [2.75, 3.05) is 5.01 Å². The number of hydrazine groups is 1. The Morgan fingerprint density at radius 1 is 0.818 bits per heavy atom. The molecule has 0 saturated heterocycles. The Labute approximate surface area is 188 Å². The Morgan fingerprint density at radius 3 is 2.33 bits per heavy atom. The number of hydrogen-bond donors (Lipinski definition) is 2. The number of carbonyl (C=O) groups excluding carboxylic acids is 1. The molecular weight excluding hydrogens is 410 g/mol. The largest absolute Gasteiger partial charge is 0.357 e. The number of nitrogens with zero attached hydrogens (tertiary/aromatic N) is 1. The van der Waals surface area contributed by atoms with E-state index in [4.69, 9.17) is 5.84 Å². The number of pyridine rings is 1. The lowest BCUT2D eigenvalue weighted by atomic mass is 9.80. The van der Waals surface area contributed by atoms with Gasteiger partial charge < -0.3 is 4.98 Å². The van der Waals surface area contributed by atoms with Crippen molar-refractivity contribution in [3.8, 4) is 0 Å². The van der Waals surface area contributed by atoms with Crippen LogP contribution < -0.4 is 16.3 Å². The summed E-state index contributed by atoms with van der Waals surface area (Å²) in [5.74, 6) is 6.23. The van der Waals surface area contributed by atoms with Crippen LogP contribution in [0.4, 0.5) is 5.69 Å². The van der Waals surface area contributed by atoms with Crippen molar-refractivity contribution in [3.05, 3.63) is 106 Å². The fourth-order valence-electron chi connectivity index (χ4n) is 5.46. The van der Waals surface area contributed by atoms with E-state index in [-0.39, 0.29) is 11.2 Å². The Balaban J connectivity index is 1.50. The Morgan fingerprint density at radius 2 is 1.52 bits per heavy atom. The van der Waals surface area contributed by atoms with Crippen molar-refractivity contribution in [2.45, 2.75) is 6.42 Å². The van der Waals surface area contributed by atoms with Gasteiger partial charge in [0.2, 0.25) is 0 Å². The van der Waals surface area contributed by atoms with Gasteiger partial charge in [0.15, 0.2) is 11.2 Å². The van der Waals surface area contributed by atoms with Gasteiger partial charge in [-0.25, -0.2) is 5.84 Å². The van der Waals surface area contributed by atoms with Gasteiger partial charge >= 0.3 is 0 Å². The van der Waals surface area contributed by atoms with Crippen LogP contribution in [0.1, 0.15) is 21.6 Å². The van der Waals surface area contributed by atoms with Crippen LogP contribution >= 0.6 is 0 Å². The molecule has 0 radical (unpaired) electrons. The second-order valence-corrected chi connectivity index (χ2v) is 8.80. The fourth-order valence-corrected chi connectivity index (χ4v) is 5.46. The summed E-state index contributed by atoms with van der Waals surface area (Å²) in [7, 11) is 0. The van der Waals surface area contributed by atoms with E-state index < -0.39 is 5.92 Å². The smallest absolute Gasteiger partial charge is 0.196 e. The molecule has 5 aromatic rings. The zero-order chi connectivity index (χ0) is 22.3. The van der Waals surface area contributed by atoms with Gasteiger partial charge in [0, 0.05) is 45.1 Å². The molecule has 7 rings (SSSR count). The highest BCUT2D eigenvalue weighted by Crippen LogP contribution is 2.43. The van der Waals surface area contributed by atoms with Crippen molar-refractivity contribution < 1.29 is 4.79 Å². The third kappa shape index (κ3) is 2.40. The number of aromatic amines is 1.